The van der Waals surface area contributed by atoms with Gasteiger partial charge in [0.15, 0.2) is 5.60 Å². The van der Waals surface area contributed by atoms with Gasteiger partial charge in [-0.1, -0.05) is 32.0 Å². The van der Waals surface area contributed by atoms with Crippen molar-refractivity contribution in [3.8, 4) is 0 Å². The standard InChI is InChI=1S/C15H20FNO2S/c1-14(2,11-5-3-4-6-12(11)16)9-17-13(18)15(19)7-8-20-10-15/h3-6,19H,7-10H2,1-2H3,(H,17,18). The average molecular weight is 297 g/mol. The van der Waals surface area contributed by atoms with Crippen molar-refractivity contribution < 1.29 is 14.3 Å². The fourth-order valence-corrected chi connectivity index (χ4v) is 3.54. The van der Waals surface area contributed by atoms with Gasteiger partial charge in [0, 0.05) is 17.7 Å². The Morgan fingerprint density at radius 3 is 2.80 bits per heavy atom. The van der Waals surface area contributed by atoms with Crippen LogP contribution in [0.1, 0.15) is 25.8 Å². The van der Waals surface area contributed by atoms with Gasteiger partial charge in [-0.3, -0.25) is 4.79 Å². The molecule has 1 atom stereocenters. The fourth-order valence-electron chi connectivity index (χ4n) is 2.30. The van der Waals surface area contributed by atoms with Crippen molar-refractivity contribution in [1.29, 1.82) is 0 Å². The first-order valence-corrected chi connectivity index (χ1v) is 7.84. The van der Waals surface area contributed by atoms with Gasteiger partial charge in [0.25, 0.3) is 5.91 Å². The molecule has 110 valence electrons. The molecule has 0 aromatic heterocycles. The van der Waals surface area contributed by atoms with Gasteiger partial charge >= 0.3 is 0 Å². The minimum absolute atomic E-state index is 0.276. The summed E-state index contributed by atoms with van der Waals surface area (Å²) in [4.78, 5) is 12.1. The molecule has 0 bridgehead atoms. The molecule has 1 fully saturated rings. The third-order valence-corrected chi connectivity index (χ3v) is 4.89. The van der Waals surface area contributed by atoms with E-state index in [2.05, 4.69) is 5.32 Å². The Kier molecular flexibility index (Phi) is 4.39. The molecule has 0 spiro atoms. The molecule has 1 aliphatic heterocycles. The smallest absolute Gasteiger partial charge is 0.252 e. The first kappa shape index (κ1) is 15.3. The molecule has 1 amide bonds. The van der Waals surface area contributed by atoms with Crippen molar-refractivity contribution in [3.63, 3.8) is 0 Å². The second kappa shape index (κ2) is 5.74. The first-order chi connectivity index (χ1) is 9.35. The van der Waals surface area contributed by atoms with Gasteiger partial charge in [0.2, 0.25) is 0 Å². The highest BCUT2D eigenvalue weighted by Crippen LogP contribution is 2.29. The maximum absolute atomic E-state index is 13.8. The Bertz CT molecular complexity index is 498. The zero-order valence-electron chi connectivity index (χ0n) is 11.8. The van der Waals surface area contributed by atoms with E-state index in [1.54, 1.807) is 30.0 Å². The molecule has 3 nitrogen and oxygen atoms in total. The Morgan fingerprint density at radius 2 is 2.20 bits per heavy atom. The normalized spacial score (nSPS) is 22.8. The number of rotatable bonds is 4. The van der Waals surface area contributed by atoms with Crippen LogP contribution in [0.3, 0.4) is 0 Å². The lowest BCUT2D eigenvalue weighted by atomic mass is 9.84. The van der Waals surface area contributed by atoms with Crippen LogP contribution in [0.5, 0.6) is 0 Å². The van der Waals surface area contributed by atoms with Gasteiger partial charge in [0.05, 0.1) is 0 Å². The molecule has 1 saturated heterocycles. The van der Waals surface area contributed by atoms with E-state index in [4.69, 9.17) is 0 Å². The zero-order chi connectivity index (χ0) is 14.8. The summed E-state index contributed by atoms with van der Waals surface area (Å²) in [5.74, 6) is 0.591. The minimum atomic E-state index is -1.27. The molecule has 0 aliphatic carbocycles. The molecular formula is C15H20FNO2S. The van der Waals surface area contributed by atoms with Crippen LogP contribution in [-0.4, -0.2) is 34.7 Å². The molecule has 1 aliphatic rings. The lowest BCUT2D eigenvalue weighted by molar-refractivity contribution is -0.137. The summed E-state index contributed by atoms with van der Waals surface area (Å²) in [5, 5.41) is 12.9. The van der Waals surface area contributed by atoms with E-state index in [1.807, 2.05) is 13.8 Å². The summed E-state index contributed by atoms with van der Waals surface area (Å²) in [6.07, 6.45) is 0.476. The molecule has 1 aromatic carbocycles. The van der Waals surface area contributed by atoms with E-state index in [-0.39, 0.29) is 11.7 Å². The zero-order valence-corrected chi connectivity index (χ0v) is 12.6. The summed E-state index contributed by atoms with van der Waals surface area (Å²) < 4.78 is 13.8. The van der Waals surface area contributed by atoms with Crippen LogP contribution in [0.2, 0.25) is 0 Å². The number of carbonyl (C=O) groups excluding carboxylic acids is 1. The highest BCUT2D eigenvalue weighted by Gasteiger charge is 2.40. The van der Waals surface area contributed by atoms with Crippen LogP contribution in [-0.2, 0) is 10.2 Å². The number of thioether (sulfide) groups is 1. The molecule has 0 radical (unpaired) electrons. The first-order valence-electron chi connectivity index (χ1n) is 6.69. The Hall–Kier alpha value is -1.07. The lowest BCUT2D eigenvalue weighted by Crippen LogP contribution is -2.50. The van der Waals surface area contributed by atoms with Crippen LogP contribution in [0.4, 0.5) is 4.39 Å². The van der Waals surface area contributed by atoms with Gasteiger partial charge in [-0.05, 0) is 23.8 Å². The average Bonchev–Trinajstić information content (AvgIpc) is 2.84. The number of halogens is 1. The molecule has 5 heteroatoms. The van der Waals surface area contributed by atoms with Crippen LogP contribution in [0.25, 0.3) is 0 Å². The molecule has 1 heterocycles. The van der Waals surface area contributed by atoms with E-state index in [1.165, 1.54) is 6.07 Å². The molecule has 2 N–H and O–H groups in total. The quantitative estimate of drug-likeness (QED) is 0.894. The highest BCUT2D eigenvalue weighted by molar-refractivity contribution is 7.99. The number of carbonyl (C=O) groups is 1. The molecule has 1 aromatic rings. The van der Waals surface area contributed by atoms with Crippen LogP contribution < -0.4 is 5.32 Å². The van der Waals surface area contributed by atoms with Gasteiger partial charge in [-0.2, -0.15) is 11.8 Å². The van der Waals surface area contributed by atoms with E-state index in [9.17, 15) is 14.3 Å². The van der Waals surface area contributed by atoms with E-state index >= 15 is 0 Å². The minimum Gasteiger partial charge on any atom is -0.379 e. The van der Waals surface area contributed by atoms with Crippen molar-refractivity contribution in [3.05, 3.63) is 35.6 Å². The van der Waals surface area contributed by atoms with Crippen molar-refractivity contribution in [2.24, 2.45) is 0 Å². The Morgan fingerprint density at radius 1 is 1.50 bits per heavy atom. The van der Waals surface area contributed by atoms with Crippen LogP contribution >= 0.6 is 11.8 Å². The summed E-state index contributed by atoms with van der Waals surface area (Å²) in [5.41, 5.74) is -1.23. The summed E-state index contributed by atoms with van der Waals surface area (Å²) in [7, 11) is 0. The molecule has 1 unspecified atom stereocenters. The van der Waals surface area contributed by atoms with E-state index in [0.717, 1.165) is 5.75 Å². The van der Waals surface area contributed by atoms with Crippen molar-refractivity contribution in [1.82, 2.24) is 5.32 Å². The second-order valence-corrected chi connectivity index (χ2v) is 6.99. The summed E-state index contributed by atoms with van der Waals surface area (Å²) >= 11 is 1.57. The molecule has 20 heavy (non-hydrogen) atoms. The van der Waals surface area contributed by atoms with Crippen molar-refractivity contribution >= 4 is 17.7 Å². The number of hydrogen-bond donors (Lipinski definition) is 2. The van der Waals surface area contributed by atoms with Gasteiger partial charge in [-0.25, -0.2) is 4.39 Å². The van der Waals surface area contributed by atoms with Crippen molar-refractivity contribution in [2.45, 2.75) is 31.3 Å². The maximum atomic E-state index is 13.8. The lowest BCUT2D eigenvalue weighted by Gasteiger charge is -2.28. The Balaban J connectivity index is 2.02. The van der Waals surface area contributed by atoms with Crippen molar-refractivity contribution in [2.75, 3.05) is 18.1 Å². The topological polar surface area (TPSA) is 49.3 Å². The second-order valence-electron chi connectivity index (χ2n) is 5.88. The Labute approximate surface area is 123 Å². The molecular weight excluding hydrogens is 277 g/mol. The van der Waals surface area contributed by atoms with Crippen LogP contribution in [0.15, 0.2) is 24.3 Å². The van der Waals surface area contributed by atoms with Gasteiger partial charge < -0.3 is 10.4 Å². The summed E-state index contributed by atoms with van der Waals surface area (Å²) in [6.45, 7) is 4.04. The number of benzene rings is 1. The monoisotopic (exact) mass is 297 g/mol. The number of amides is 1. The summed E-state index contributed by atoms with van der Waals surface area (Å²) in [6, 6.07) is 6.57. The van der Waals surface area contributed by atoms with Crippen LogP contribution in [0, 0.1) is 5.82 Å². The third kappa shape index (κ3) is 3.15. The van der Waals surface area contributed by atoms with E-state index in [0.29, 0.717) is 24.3 Å². The number of aliphatic hydroxyl groups is 1. The SMILES string of the molecule is CC(C)(CNC(=O)C1(O)CCSC1)c1ccccc1F. The largest absolute Gasteiger partial charge is 0.379 e. The fraction of sp³-hybridized carbons (Fsp3) is 0.533. The van der Waals surface area contributed by atoms with E-state index < -0.39 is 11.0 Å². The predicted molar refractivity (Wildman–Crippen MR) is 79.3 cm³/mol. The predicted octanol–water partition coefficient (Wildman–Crippen LogP) is 2.09. The third-order valence-electron chi connectivity index (χ3n) is 3.72. The number of hydrogen-bond acceptors (Lipinski definition) is 3. The van der Waals surface area contributed by atoms with Gasteiger partial charge in [-0.15, -0.1) is 0 Å². The highest BCUT2D eigenvalue weighted by atomic mass is 32.2. The molecule has 2 rings (SSSR count). The van der Waals surface area contributed by atoms with Gasteiger partial charge in [0.1, 0.15) is 5.82 Å². The number of nitrogens with one attached hydrogen (secondary N) is 1. The molecule has 0 saturated carbocycles. The maximum Gasteiger partial charge on any atom is 0.252 e.